The molecule has 6 aliphatic heterocycles. The lowest BCUT2D eigenvalue weighted by atomic mass is 10.1. The van der Waals surface area contributed by atoms with Gasteiger partial charge in [-0.25, -0.2) is 0 Å². The second-order valence-corrected chi connectivity index (χ2v) is 36.9. The number of likely N-dealkylation sites (N-methyl/N-ethyl adjacent to an activating group) is 3. The fourth-order valence-corrected chi connectivity index (χ4v) is 14.6. The van der Waals surface area contributed by atoms with Gasteiger partial charge in [-0.1, -0.05) is 83.1 Å². The van der Waals surface area contributed by atoms with Crippen molar-refractivity contribution >= 4 is 117 Å². The zero-order valence-electron chi connectivity index (χ0n) is 87.0. The molecule has 3 saturated heterocycles. The molecule has 9 amide bonds. The quantitative estimate of drug-likeness (QED) is 0.0318. The van der Waals surface area contributed by atoms with Gasteiger partial charge in [-0.3, -0.25) is 81.7 Å². The number of carboxylic acid groups (broad SMARTS) is 1. The van der Waals surface area contributed by atoms with Crippen molar-refractivity contribution in [2.24, 2.45) is 52.0 Å². The summed E-state index contributed by atoms with van der Waals surface area (Å²) in [5.74, 6) is 0.406. The van der Waals surface area contributed by atoms with Crippen LogP contribution in [0.1, 0.15) is 238 Å². The van der Waals surface area contributed by atoms with Gasteiger partial charge < -0.3 is 122 Å². The summed E-state index contributed by atoms with van der Waals surface area (Å²) >= 11 is 0. The highest BCUT2D eigenvalue weighted by atomic mass is 16.5. The minimum Gasteiger partial charge on any atom is -0.493 e. The second-order valence-electron chi connectivity index (χ2n) is 36.9. The van der Waals surface area contributed by atoms with Gasteiger partial charge in [-0.15, -0.1) is 0 Å². The molecule has 141 heavy (non-hydrogen) atoms. The number of aliphatic hydroxyl groups excluding tert-OH is 2. The van der Waals surface area contributed by atoms with E-state index in [-0.39, 0.29) is 207 Å². The maximum Gasteiger partial charge on any atom is 0.306 e. The Morgan fingerprint density at radius 2 is 0.730 bits per heavy atom. The van der Waals surface area contributed by atoms with Crippen LogP contribution in [0.4, 0.5) is 17.1 Å². The summed E-state index contributed by atoms with van der Waals surface area (Å²) in [5, 5.41) is 51.8. The number of carbonyl (C=O) groups is 16. The zero-order chi connectivity index (χ0) is 106. The lowest BCUT2D eigenvalue weighted by molar-refractivity contribution is -0.137. The van der Waals surface area contributed by atoms with E-state index >= 15 is 0 Å². The molecular formula is C100H160N16O25. The Hall–Kier alpha value is -11.8. The predicted octanol–water partition coefficient (Wildman–Crippen LogP) is 5.79. The number of carboxylic acids is 1. The van der Waals surface area contributed by atoms with E-state index in [0.29, 0.717) is 139 Å². The number of nitrogens with one attached hydrogen (secondary N) is 8. The third kappa shape index (κ3) is 40.6. The molecule has 0 spiro atoms. The Morgan fingerprint density at radius 3 is 1.06 bits per heavy atom. The molecule has 0 radical (unpaired) electrons. The molecule has 41 heteroatoms. The van der Waals surface area contributed by atoms with Gasteiger partial charge in [0.05, 0.1) is 124 Å². The van der Waals surface area contributed by atoms with Crippen LogP contribution in [0.15, 0.2) is 41.4 Å². The van der Waals surface area contributed by atoms with Crippen LogP contribution < -0.4 is 92.2 Å². The monoisotopic (exact) mass is 1990 g/mol. The molecule has 0 aromatic heterocycles. The first-order chi connectivity index (χ1) is 66.5. The number of nitrogens with two attached hydrogens (primary N) is 2. The number of ether oxygens (including phenoxy) is 6. The second kappa shape index (κ2) is 63.2. The van der Waals surface area contributed by atoms with Crippen molar-refractivity contribution in [1.29, 1.82) is 0 Å². The summed E-state index contributed by atoms with van der Waals surface area (Å²) in [5.41, 5.74) is 13.3. The number of fused-ring (bicyclic) bond motifs is 6. The summed E-state index contributed by atoms with van der Waals surface area (Å²) in [6.07, 6.45) is 7.52. The van der Waals surface area contributed by atoms with Gasteiger partial charge >= 0.3 is 5.97 Å². The van der Waals surface area contributed by atoms with E-state index < -0.39 is 36.6 Å². The van der Waals surface area contributed by atoms with Gasteiger partial charge in [0, 0.05) is 165 Å². The van der Waals surface area contributed by atoms with Crippen LogP contribution in [-0.4, -0.2) is 313 Å². The van der Waals surface area contributed by atoms with Crippen molar-refractivity contribution in [3.05, 3.63) is 53.1 Å². The van der Waals surface area contributed by atoms with Crippen LogP contribution in [0.5, 0.6) is 34.5 Å². The minimum absolute atomic E-state index is 0.00356. The molecule has 9 unspecified atom stereocenters. The first-order valence-corrected chi connectivity index (χ1v) is 48.7. The lowest BCUT2D eigenvalue weighted by Gasteiger charge is -2.31. The number of hydrogen-bond acceptors (Lipinski definition) is 31. The van der Waals surface area contributed by atoms with Gasteiger partial charge in [-0.05, 0) is 105 Å². The van der Waals surface area contributed by atoms with Crippen LogP contribution in [0, 0.1) is 35.5 Å². The number of ketones is 6. The Morgan fingerprint density at radius 1 is 0.411 bits per heavy atom. The number of nitrogens with zero attached hydrogens (tertiary/aromatic N) is 6. The number of amides is 9. The Bertz CT molecular complexity index is 4650. The van der Waals surface area contributed by atoms with Gasteiger partial charge in [0.15, 0.2) is 34.5 Å². The molecule has 790 valence electrons. The smallest absolute Gasteiger partial charge is 0.306 e. The van der Waals surface area contributed by atoms with E-state index in [4.69, 9.17) is 45.0 Å². The van der Waals surface area contributed by atoms with E-state index in [1.807, 2.05) is 81.2 Å². The topological polar surface area (TPSA) is 566 Å². The van der Waals surface area contributed by atoms with Crippen molar-refractivity contribution in [3.8, 4) is 34.5 Å². The molecular weight excluding hydrogens is 1830 g/mol. The number of Topliss-reactive ketones (excluding diaryl/α,β-unsaturated/α-hetero) is 6. The van der Waals surface area contributed by atoms with E-state index in [1.54, 1.807) is 125 Å². The largest absolute Gasteiger partial charge is 0.493 e. The van der Waals surface area contributed by atoms with E-state index in [0.717, 1.165) is 45.1 Å². The molecule has 3 fully saturated rings. The van der Waals surface area contributed by atoms with Crippen LogP contribution in [0.25, 0.3) is 0 Å². The number of aliphatic imine (C=N–C) groups is 1. The molecule has 3 aromatic carbocycles. The third-order valence-corrected chi connectivity index (χ3v) is 23.9. The van der Waals surface area contributed by atoms with Gasteiger partial charge in [-0.2, -0.15) is 0 Å². The van der Waals surface area contributed by atoms with Gasteiger partial charge in [0.2, 0.25) is 35.4 Å². The van der Waals surface area contributed by atoms with Gasteiger partial charge in [0.25, 0.3) is 17.7 Å². The molecule has 6 heterocycles. The van der Waals surface area contributed by atoms with E-state index in [1.165, 1.54) is 21.3 Å². The van der Waals surface area contributed by atoms with Crippen molar-refractivity contribution in [2.75, 3.05) is 138 Å². The van der Waals surface area contributed by atoms with Crippen molar-refractivity contribution < 1.29 is 120 Å². The van der Waals surface area contributed by atoms with Crippen molar-refractivity contribution in [2.45, 2.75) is 262 Å². The Balaban J connectivity index is 0.000000453. The molecule has 41 nitrogen and oxygen atoms in total. The van der Waals surface area contributed by atoms with E-state index in [2.05, 4.69) is 47.5 Å². The zero-order valence-corrected chi connectivity index (χ0v) is 87.0. The Kier molecular flexibility index (Phi) is 55.3. The van der Waals surface area contributed by atoms with E-state index in [9.17, 15) is 86.9 Å². The lowest BCUT2D eigenvalue weighted by Crippen LogP contribution is -2.47. The number of aliphatic hydroxyl groups is 2. The molecule has 6 aliphatic rings. The SMILES string of the molecule is CC(C)C(=O)CCN.CC(C)C(=O)CCNC(=O)C(C)N.CNC(C)C(=O)NCCC(=O)C(C)C.CNCCC(=O)C(C)C.COc1cc2c(cc1OCCC(=O)NC(C)C(=O)NCCC(=O)C(C)C)N(C)C(O)C1CCCN1C2=O.COc1cc2c(cc1OCCC(=O)NC(C)C(=O)NCCC(=O)C(C)C)N=CC1CCCN1C2=O.COc1cc2c(cc1OCCC(=O)O)N(C)C(O)C1CCCN1C2=O. The molecule has 15 N–H and O–H groups in total. The first-order valence-electron chi connectivity index (χ1n) is 48.7. The number of hydrogen-bond donors (Lipinski definition) is 13. The molecule has 0 aliphatic carbocycles. The molecule has 9 atom stereocenters. The number of anilines is 2. The summed E-state index contributed by atoms with van der Waals surface area (Å²) in [4.78, 5) is 201. The average molecular weight is 1990 g/mol. The summed E-state index contributed by atoms with van der Waals surface area (Å²) in [6.45, 7) is 33.3. The fourth-order valence-electron chi connectivity index (χ4n) is 14.6. The highest BCUT2D eigenvalue weighted by molar-refractivity contribution is 6.05. The normalized spacial score (nSPS) is 17.0. The number of benzene rings is 3. The summed E-state index contributed by atoms with van der Waals surface area (Å²) in [6, 6.07) is 7.01. The number of aliphatic carboxylic acids is 1. The van der Waals surface area contributed by atoms with Crippen molar-refractivity contribution in [3.63, 3.8) is 0 Å². The predicted molar refractivity (Wildman–Crippen MR) is 535 cm³/mol. The van der Waals surface area contributed by atoms with Crippen LogP contribution in [0.3, 0.4) is 0 Å². The summed E-state index contributed by atoms with van der Waals surface area (Å²) < 4.78 is 33.3. The number of carbonyl (C=O) groups excluding carboxylic acids is 15. The molecule has 3 aromatic rings. The van der Waals surface area contributed by atoms with Crippen LogP contribution in [-0.2, 0) is 62.3 Å². The maximum atomic E-state index is 13.2. The maximum absolute atomic E-state index is 13.2. The highest BCUT2D eigenvalue weighted by Crippen LogP contribution is 2.43. The third-order valence-electron chi connectivity index (χ3n) is 23.9. The molecule has 0 saturated carbocycles. The number of methoxy groups -OCH3 is 3. The van der Waals surface area contributed by atoms with Crippen LogP contribution in [0.2, 0.25) is 0 Å². The van der Waals surface area contributed by atoms with Gasteiger partial charge in [0.1, 0.15) is 59.2 Å². The standard InChI is InChI=1S/C26H38N4O7.C25H34N4O6.C17H22N2O6.C10H20N2O2.C9H18N2O2.C7H15NO.C6H13NO/c1-15(2)20(31)8-10-27-24(33)16(3)28-23(32)9-12-37-22-14-19-17(13-21(22)36-5)25(34)30-11-6-7-18(30)26(35)29(19)4;1-15(2)20(30)7-9-26-24(32)16(3)28-23(31)8-11-35-22-13-19-18(12-21(22)34-4)25(33)29-10-5-6-17(29)14-27-19;1-18-12-9-14(25-7-5-15(20)21)13(24-2)8-10(12)16(22)19-6-3-4-11(19)17(18)23;1-7(2)9(13)5-6-12-10(14)8(3)11-4;1-6(2)8(12)4-5-11-9(13)7(3)10;1-6(2)7(9)4-5-8-3;1-5(2)6(8)3-4-7/h13-16,18,26,35H,6-12H2,1-5H3,(H,27,33)(H,28,32);12-17H,5-11H2,1-4H3,(H,26,32)(H,28,31);8-9,11,17,23H,3-7H2,1-2H3,(H,20,21);7-8,11H,5-6H2,1-4H3,(H,12,14);6-7H,4-5,10H2,1-3H3,(H,11,13);6,8H,4-5H2,1-3H3;5H,3-4,7H2,1-2H3. The Labute approximate surface area is 830 Å². The molecule has 9 rings (SSSR count). The molecule has 0 bridgehead atoms. The van der Waals surface area contributed by atoms with Crippen molar-refractivity contribution in [1.82, 2.24) is 57.2 Å². The summed E-state index contributed by atoms with van der Waals surface area (Å²) in [7, 11) is 11.5. The average Bonchev–Trinajstić information content (AvgIpc) is 1.62. The van der Waals surface area contributed by atoms with Crippen LogP contribution >= 0.6 is 0 Å². The highest BCUT2D eigenvalue weighted by Gasteiger charge is 2.44. The minimum atomic E-state index is -0.961. The fraction of sp³-hybridized carbons (Fsp3) is 0.650. The number of rotatable bonds is 45. The first kappa shape index (κ1) is 123.